The summed E-state index contributed by atoms with van der Waals surface area (Å²) in [6.07, 6.45) is 0.555. The third-order valence-corrected chi connectivity index (χ3v) is 4.22. The maximum atomic E-state index is 13.2. The van der Waals surface area contributed by atoms with Gasteiger partial charge in [0.15, 0.2) is 6.29 Å². The summed E-state index contributed by atoms with van der Waals surface area (Å²) < 4.78 is 14.8. The fourth-order valence-electron chi connectivity index (χ4n) is 2.25. The third-order valence-electron chi connectivity index (χ3n) is 3.33. The molecule has 4 nitrogen and oxygen atoms in total. The van der Waals surface area contributed by atoms with E-state index in [0.29, 0.717) is 29.7 Å². The molecule has 7 heteroatoms. The number of hydrogen-bond acceptors (Lipinski definition) is 3. The van der Waals surface area contributed by atoms with Gasteiger partial charge in [0.1, 0.15) is 10.8 Å². The lowest BCUT2D eigenvalue weighted by Gasteiger charge is -2.17. The van der Waals surface area contributed by atoms with E-state index in [2.05, 4.69) is 15.9 Å². The molecule has 0 spiro atoms. The number of pyridine rings is 1. The van der Waals surface area contributed by atoms with Gasteiger partial charge in [-0.3, -0.25) is 9.59 Å². The number of aromatic nitrogens is 1. The first-order valence-electron chi connectivity index (χ1n) is 6.70. The maximum Gasteiger partial charge on any atom is 0.269 e. The Morgan fingerprint density at radius 2 is 2.00 bits per heavy atom. The number of aldehydes is 1. The van der Waals surface area contributed by atoms with Gasteiger partial charge in [-0.2, -0.15) is 0 Å². The van der Waals surface area contributed by atoms with Crippen molar-refractivity contribution in [1.82, 2.24) is 4.57 Å². The van der Waals surface area contributed by atoms with Crippen LogP contribution in [0.3, 0.4) is 0 Å². The predicted octanol–water partition coefficient (Wildman–Crippen LogP) is 3.55. The maximum absolute atomic E-state index is 13.2. The van der Waals surface area contributed by atoms with Crippen molar-refractivity contribution in [2.45, 2.75) is 13.5 Å². The molecule has 0 amide bonds. The van der Waals surface area contributed by atoms with Crippen LogP contribution in [0.5, 0.6) is 0 Å². The zero-order valence-corrected chi connectivity index (χ0v) is 14.5. The molecule has 1 aromatic carbocycles. The number of allylic oxidation sites excluding steroid dienone is 1. The highest BCUT2D eigenvalue weighted by atomic mass is 79.9. The Bertz CT molecular complexity index is 844. The Labute approximate surface area is 145 Å². The Kier molecular flexibility index (Phi) is 5.38. The van der Waals surface area contributed by atoms with E-state index in [1.807, 2.05) is 0 Å². The van der Waals surface area contributed by atoms with Gasteiger partial charge >= 0.3 is 0 Å². The van der Waals surface area contributed by atoms with Crippen LogP contribution < -0.4 is 11.3 Å². The zero-order chi connectivity index (χ0) is 17.1. The van der Waals surface area contributed by atoms with Gasteiger partial charge in [0, 0.05) is 12.1 Å². The van der Waals surface area contributed by atoms with E-state index in [1.165, 1.54) is 34.9 Å². The molecule has 120 valence electrons. The Balaban J connectivity index is 2.91. The van der Waals surface area contributed by atoms with E-state index >= 15 is 0 Å². The highest BCUT2D eigenvalue weighted by Gasteiger charge is 2.18. The first kappa shape index (κ1) is 17.4. The highest BCUT2D eigenvalue weighted by Crippen LogP contribution is 2.30. The molecule has 0 fully saturated rings. The topological polar surface area (TPSA) is 65.1 Å². The standard InChI is InChI=1S/C16H13BrClFN2O2/c1-2-21-15(9-3-5-10(19)6-4-9)11(7-13(18)16(21)23)14(20)12(17)8-22/h3-8H,2,20H2,1H3. The molecule has 0 atom stereocenters. The van der Waals surface area contributed by atoms with Crippen molar-refractivity contribution in [3.63, 3.8) is 0 Å². The minimum absolute atomic E-state index is 0.0122. The summed E-state index contributed by atoms with van der Waals surface area (Å²) in [4.78, 5) is 23.3. The number of nitrogens with zero attached hydrogens (tertiary/aromatic N) is 1. The molecule has 1 heterocycles. The van der Waals surface area contributed by atoms with E-state index in [0.717, 1.165) is 0 Å². The van der Waals surface area contributed by atoms with Gasteiger partial charge in [-0.15, -0.1) is 0 Å². The average Bonchev–Trinajstić information content (AvgIpc) is 2.56. The molecule has 23 heavy (non-hydrogen) atoms. The average molecular weight is 400 g/mol. The molecule has 0 saturated heterocycles. The van der Waals surface area contributed by atoms with Crippen LogP contribution in [-0.2, 0) is 11.3 Å². The van der Waals surface area contributed by atoms with Gasteiger partial charge < -0.3 is 10.3 Å². The molecule has 2 N–H and O–H groups in total. The summed E-state index contributed by atoms with van der Waals surface area (Å²) in [7, 11) is 0. The Morgan fingerprint density at radius 3 is 2.52 bits per heavy atom. The quantitative estimate of drug-likeness (QED) is 0.631. The first-order valence-corrected chi connectivity index (χ1v) is 7.87. The zero-order valence-electron chi connectivity index (χ0n) is 12.1. The first-order chi connectivity index (χ1) is 10.9. The molecule has 2 rings (SSSR count). The normalized spacial score (nSPS) is 12.0. The van der Waals surface area contributed by atoms with Gasteiger partial charge in [-0.25, -0.2) is 4.39 Å². The van der Waals surface area contributed by atoms with Gasteiger partial charge in [0.05, 0.1) is 15.9 Å². The highest BCUT2D eigenvalue weighted by molar-refractivity contribution is 9.12. The van der Waals surface area contributed by atoms with E-state index in [1.54, 1.807) is 6.92 Å². The van der Waals surface area contributed by atoms with Crippen molar-refractivity contribution >= 4 is 39.5 Å². The minimum atomic E-state index is -0.396. The number of benzene rings is 1. The molecule has 0 bridgehead atoms. The molecule has 0 aliphatic carbocycles. The van der Waals surface area contributed by atoms with Crippen LogP contribution in [-0.4, -0.2) is 10.9 Å². The second-order valence-electron chi connectivity index (χ2n) is 4.69. The lowest BCUT2D eigenvalue weighted by atomic mass is 10.0. The fraction of sp³-hybridized carbons (Fsp3) is 0.125. The molecule has 2 aromatic rings. The lowest BCUT2D eigenvalue weighted by Crippen LogP contribution is -2.23. The van der Waals surface area contributed by atoms with Crippen LogP contribution in [0.2, 0.25) is 5.02 Å². The van der Waals surface area contributed by atoms with Crippen molar-refractivity contribution in [1.29, 1.82) is 0 Å². The largest absolute Gasteiger partial charge is 0.397 e. The molecule has 1 aromatic heterocycles. The SMILES string of the molecule is CCn1c(-c2ccc(F)cc2)c(C(N)=C(Br)C=O)cc(Cl)c1=O. The fourth-order valence-corrected chi connectivity index (χ4v) is 2.68. The van der Waals surface area contributed by atoms with Crippen molar-refractivity contribution in [2.24, 2.45) is 5.73 Å². The van der Waals surface area contributed by atoms with Crippen molar-refractivity contribution < 1.29 is 9.18 Å². The summed E-state index contributed by atoms with van der Waals surface area (Å²) >= 11 is 9.08. The number of nitrogens with two attached hydrogens (primary N) is 1. The second-order valence-corrected chi connectivity index (χ2v) is 5.95. The molecule has 0 aliphatic rings. The lowest BCUT2D eigenvalue weighted by molar-refractivity contribution is -0.104. The van der Waals surface area contributed by atoms with Crippen LogP contribution in [0.4, 0.5) is 4.39 Å². The van der Waals surface area contributed by atoms with Crippen LogP contribution in [0.1, 0.15) is 12.5 Å². The van der Waals surface area contributed by atoms with Crippen LogP contribution >= 0.6 is 27.5 Å². The monoisotopic (exact) mass is 398 g/mol. The van der Waals surface area contributed by atoms with Gasteiger partial charge in [0.25, 0.3) is 5.56 Å². The second kappa shape index (κ2) is 7.10. The molecule has 0 unspecified atom stereocenters. The summed E-state index contributed by atoms with van der Waals surface area (Å²) in [5.74, 6) is -0.396. The predicted molar refractivity (Wildman–Crippen MR) is 92.9 cm³/mol. The number of rotatable bonds is 4. The molecule has 0 saturated carbocycles. The van der Waals surface area contributed by atoms with Gasteiger partial charge in [-0.1, -0.05) is 11.6 Å². The minimum Gasteiger partial charge on any atom is -0.397 e. The number of carbonyl (C=O) groups is 1. The molecule has 0 aliphatic heterocycles. The van der Waals surface area contributed by atoms with E-state index in [-0.39, 0.29) is 20.8 Å². The number of hydrogen-bond donors (Lipinski definition) is 1. The van der Waals surface area contributed by atoms with Crippen LogP contribution in [0, 0.1) is 5.82 Å². The van der Waals surface area contributed by atoms with Crippen LogP contribution in [0.25, 0.3) is 17.0 Å². The van der Waals surface area contributed by atoms with E-state index in [4.69, 9.17) is 17.3 Å². The van der Waals surface area contributed by atoms with E-state index in [9.17, 15) is 14.0 Å². The summed E-state index contributed by atoms with van der Waals surface area (Å²) in [5.41, 5.74) is 7.25. The number of carbonyl (C=O) groups excluding carboxylic acids is 1. The third kappa shape index (κ3) is 3.38. The Morgan fingerprint density at radius 1 is 1.39 bits per heavy atom. The molecular weight excluding hydrogens is 387 g/mol. The van der Waals surface area contributed by atoms with Crippen molar-refractivity contribution in [2.75, 3.05) is 0 Å². The Hall–Kier alpha value is -1.92. The van der Waals surface area contributed by atoms with Crippen molar-refractivity contribution in [3.8, 4) is 11.3 Å². The smallest absolute Gasteiger partial charge is 0.269 e. The van der Waals surface area contributed by atoms with Crippen LogP contribution in [0.15, 0.2) is 39.6 Å². The van der Waals surface area contributed by atoms with Crippen molar-refractivity contribution in [3.05, 3.63) is 61.6 Å². The van der Waals surface area contributed by atoms with E-state index < -0.39 is 5.82 Å². The molecular formula is C16H13BrClFN2O2. The van der Waals surface area contributed by atoms with Gasteiger partial charge in [-0.05, 0) is 58.7 Å². The summed E-state index contributed by atoms with van der Waals surface area (Å²) in [6, 6.07) is 7.06. The molecule has 0 radical (unpaired) electrons. The summed E-state index contributed by atoms with van der Waals surface area (Å²) in [5, 5.41) is -0.0122. The number of halogens is 3. The summed E-state index contributed by atoms with van der Waals surface area (Å²) in [6.45, 7) is 2.12. The van der Waals surface area contributed by atoms with Gasteiger partial charge in [0.2, 0.25) is 0 Å².